The van der Waals surface area contributed by atoms with Crippen molar-refractivity contribution in [3.8, 4) is 5.75 Å². The Bertz CT molecular complexity index is 1600. The van der Waals surface area contributed by atoms with Crippen LogP contribution in [0, 0.1) is 13.8 Å². The predicted molar refractivity (Wildman–Crippen MR) is 165 cm³/mol. The highest BCUT2D eigenvalue weighted by molar-refractivity contribution is 9.10. The lowest BCUT2D eigenvalue weighted by Crippen LogP contribution is -2.38. The second-order valence-corrected chi connectivity index (χ2v) is 13.3. The third-order valence-electron chi connectivity index (χ3n) is 6.50. The number of nitrogens with one attached hydrogen (secondary N) is 3. The third kappa shape index (κ3) is 8.34. The van der Waals surface area contributed by atoms with Crippen LogP contribution in [0.4, 0.5) is 0 Å². The largest absolute Gasteiger partial charge is 0.474 e. The van der Waals surface area contributed by atoms with Crippen molar-refractivity contribution in [3.05, 3.63) is 98.6 Å². The summed E-state index contributed by atoms with van der Waals surface area (Å²) in [5.74, 6) is -0.602. The van der Waals surface area contributed by atoms with Crippen molar-refractivity contribution in [1.82, 2.24) is 15.6 Å². The van der Waals surface area contributed by atoms with Gasteiger partial charge in [-0.15, -0.1) is 0 Å². The minimum absolute atomic E-state index is 0.00185. The number of carbonyl (C=O) groups excluding carboxylic acids is 2. The van der Waals surface area contributed by atoms with Gasteiger partial charge in [-0.2, -0.15) is 0 Å². The maximum atomic E-state index is 13.4. The van der Waals surface area contributed by atoms with Crippen LogP contribution in [0.5, 0.6) is 5.75 Å². The van der Waals surface area contributed by atoms with E-state index in [9.17, 15) is 18.0 Å². The van der Waals surface area contributed by atoms with Gasteiger partial charge in [-0.25, -0.2) is 8.42 Å². The first-order valence-electron chi connectivity index (χ1n) is 13.0. The van der Waals surface area contributed by atoms with Crippen LogP contribution >= 0.6 is 27.5 Å². The molecule has 8 nitrogen and oxygen atoms in total. The van der Waals surface area contributed by atoms with Crippen molar-refractivity contribution in [2.24, 2.45) is 0 Å². The van der Waals surface area contributed by atoms with Gasteiger partial charge in [-0.05, 0) is 66.9 Å². The van der Waals surface area contributed by atoms with Gasteiger partial charge >= 0.3 is 0 Å². The number of aromatic amines is 1. The fourth-order valence-electron chi connectivity index (χ4n) is 4.35. The Labute approximate surface area is 252 Å². The zero-order valence-electron chi connectivity index (χ0n) is 22.7. The second kappa shape index (κ2) is 13.5. The maximum absolute atomic E-state index is 13.4. The first kappa shape index (κ1) is 30.6. The van der Waals surface area contributed by atoms with Crippen LogP contribution < -0.4 is 15.4 Å². The minimum Gasteiger partial charge on any atom is -0.474 e. The van der Waals surface area contributed by atoms with Gasteiger partial charge in [0, 0.05) is 39.9 Å². The molecule has 0 saturated carbocycles. The van der Waals surface area contributed by atoms with Gasteiger partial charge in [0.1, 0.15) is 11.4 Å². The molecule has 11 heteroatoms. The van der Waals surface area contributed by atoms with E-state index < -0.39 is 15.3 Å². The zero-order valence-corrected chi connectivity index (χ0v) is 25.8. The van der Waals surface area contributed by atoms with E-state index in [-0.39, 0.29) is 43.5 Å². The highest BCUT2D eigenvalue weighted by Crippen LogP contribution is 2.27. The average Bonchev–Trinajstić information content (AvgIpc) is 3.37. The molecule has 0 bridgehead atoms. The van der Waals surface area contributed by atoms with Crippen molar-refractivity contribution in [2.45, 2.75) is 32.1 Å². The molecule has 0 spiro atoms. The van der Waals surface area contributed by atoms with Crippen LogP contribution in [0.2, 0.25) is 5.02 Å². The Morgan fingerprint density at radius 3 is 2.34 bits per heavy atom. The first-order valence-corrected chi connectivity index (χ1v) is 15.9. The molecule has 1 unspecified atom stereocenters. The highest BCUT2D eigenvalue weighted by atomic mass is 79.9. The van der Waals surface area contributed by atoms with Crippen LogP contribution in [-0.4, -0.2) is 49.5 Å². The molecule has 0 aliphatic carbocycles. The number of ether oxygens (including phenoxy) is 1. The van der Waals surface area contributed by atoms with Crippen LogP contribution in [0.25, 0.3) is 10.9 Å². The van der Waals surface area contributed by atoms with Gasteiger partial charge in [0.25, 0.3) is 5.91 Å². The molecule has 3 N–H and O–H groups in total. The van der Waals surface area contributed by atoms with Crippen LogP contribution in [-0.2, 0) is 21.1 Å². The average molecular weight is 661 g/mol. The summed E-state index contributed by atoms with van der Waals surface area (Å²) in [6, 6.07) is 20.0. The predicted octanol–water partition coefficient (Wildman–Crippen LogP) is 5.50. The van der Waals surface area contributed by atoms with E-state index in [1.54, 1.807) is 18.2 Å². The summed E-state index contributed by atoms with van der Waals surface area (Å²) in [4.78, 5) is 28.2. The van der Waals surface area contributed by atoms with Gasteiger partial charge in [0.2, 0.25) is 11.3 Å². The minimum atomic E-state index is -3.85. The van der Waals surface area contributed by atoms with Crippen LogP contribution in [0.3, 0.4) is 0 Å². The monoisotopic (exact) mass is 659 g/mol. The molecule has 0 aliphatic heterocycles. The quantitative estimate of drug-likeness (QED) is 0.186. The van der Waals surface area contributed by atoms with E-state index in [2.05, 4.69) is 31.5 Å². The molecule has 1 atom stereocenters. The lowest BCUT2D eigenvalue weighted by atomic mass is 10.1. The van der Waals surface area contributed by atoms with Crippen molar-refractivity contribution in [2.75, 3.05) is 18.8 Å². The number of aromatic nitrogens is 1. The van der Waals surface area contributed by atoms with Crippen molar-refractivity contribution >= 4 is 60.1 Å². The Kier molecular flexibility index (Phi) is 10.1. The maximum Gasteiger partial charge on any atom is 0.267 e. The number of benzene rings is 3. The van der Waals surface area contributed by atoms with E-state index in [4.69, 9.17) is 16.3 Å². The number of H-pyrrole nitrogens is 1. The van der Waals surface area contributed by atoms with Gasteiger partial charge in [-0.3, -0.25) is 9.59 Å². The molecule has 41 heavy (non-hydrogen) atoms. The molecule has 216 valence electrons. The summed E-state index contributed by atoms with van der Waals surface area (Å²) in [6.45, 7) is 3.61. The van der Waals surface area contributed by atoms with Crippen LogP contribution in [0.15, 0.2) is 71.2 Å². The number of aryl methyl sites for hydroxylation is 2. The van der Waals surface area contributed by atoms with Crippen LogP contribution in [0.1, 0.15) is 33.6 Å². The molecule has 1 aromatic heterocycles. The Morgan fingerprint density at radius 1 is 0.976 bits per heavy atom. The van der Waals surface area contributed by atoms with Crippen molar-refractivity contribution in [3.63, 3.8) is 0 Å². The molecule has 3 aromatic carbocycles. The fraction of sp³-hybridized carbons (Fsp3) is 0.267. The Balaban J connectivity index is 1.40. The number of amides is 2. The van der Waals surface area contributed by atoms with Crippen molar-refractivity contribution in [1.29, 1.82) is 0 Å². The number of carbonyl (C=O) groups is 2. The molecule has 2 amide bonds. The number of hydrogen-bond acceptors (Lipinski definition) is 5. The topological polar surface area (TPSA) is 117 Å². The normalized spacial score (nSPS) is 12.2. The van der Waals surface area contributed by atoms with E-state index >= 15 is 0 Å². The fourth-order valence-corrected chi connectivity index (χ4v) is 6.10. The first-order chi connectivity index (χ1) is 19.5. The Hall–Kier alpha value is -3.34. The molecule has 4 aromatic rings. The second-order valence-electron chi connectivity index (χ2n) is 9.75. The van der Waals surface area contributed by atoms with Gasteiger partial charge in [-0.1, -0.05) is 57.9 Å². The number of rotatable bonds is 12. The smallest absolute Gasteiger partial charge is 0.267 e. The summed E-state index contributed by atoms with van der Waals surface area (Å²) >= 11 is 9.64. The number of sulfone groups is 1. The summed E-state index contributed by atoms with van der Waals surface area (Å²) in [5.41, 5.74) is 2.28. The third-order valence-corrected chi connectivity index (χ3v) is 9.54. The molecule has 1 heterocycles. The number of hydrogen-bond donors (Lipinski definition) is 3. The van der Waals surface area contributed by atoms with Gasteiger partial charge in [0.05, 0.1) is 12.2 Å². The summed E-state index contributed by atoms with van der Waals surface area (Å²) in [7, 11) is -3.85. The standard InChI is InChI=1S/C30H31BrClN3O5S/c1-19-15-24(16-20(2)29(19)32)40-28(11-12-34-30(37)26-18-22-5-3-4-6-25(22)35-26)41(38,39)14-13-33-27(36)17-21-7-9-23(31)10-8-21/h3-10,15-16,18,28,35H,11-14,17H2,1-2H3,(H,33,36)(H,34,37). The number of halogens is 2. The molecule has 4 rings (SSSR count). The summed E-state index contributed by atoms with van der Waals surface area (Å²) in [5, 5.41) is 6.93. The summed E-state index contributed by atoms with van der Waals surface area (Å²) in [6.07, 6.45) is 0.137. The number of para-hydroxylation sites is 1. The highest BCUT2D eigenvalue weighted by Gasteiger charge is 2.28. The van der Waals surface area contributed by atoms with E-state index in [1.165, 1.54) is 0 Å². The molecular formula is C30H31BrClN3O5S. The molecule has 0 saturated heterocycles. The van der Waals surface area contributed by atoms with Crippen molar-refractivity contribution < 1.29 is 22.7 Å². The lowest BCUT2D eigenvalue weighted by molar-refractivity contribution is -0.120. The SMILES string of the molecule is Cc1cc(OC(CCNC(=O)c2cc3ccccc3[nH]2)S(=O)(=O)CCNC(=O)Cc2ccc(Br)cc2)cc(C)c1Cl. The zero-order chi connectivity index (χ0) is 29.6. The van der Waals surface area contributed by atoms with Gasteiger partial charge < -0.3 is 20.4 Å². The van der Waals surface area contributed by atoms with E-state index in [0.29, 0.717) is 16.5 Å². The lowest BCUT2D eigenvalue weighted by Gasteiger charge is -2.21. The molecule has 0 fully saturated rings. The summed E-state index contributed by atoms with van der Waals surface area (Å²) < 4.78 is 33.6. The van der Waals surface area contributed by atoms with E-state index in [1.807, 2.05) is 62.4 Å². The molecular weight excluding hydrogens is 630 g/mol. The van der Waals surface area contributed by atoms with Gasteiger partial charge in [0.15, 0.2) is 9.84 Å². The molecule has 0 aliphatic rings. The molecule has 0 radical (unpaired) electrons. The Morgan fingerprint density at radius 2 is 1.66 bits per heavy atom. The number of fused-ring (bicyclic) bond motifs is 1. The van der Waals surface area contributed by atoms with E-state index in [0.717, 1.165) is 32.1 Å².